The monoisotopic (exact) mass is 255 g/mol. The maximum atomic E-state index is 12.1. The molecule has 0 aliphatic heterocycles. The number of nitrogens with two attached hydrogens (primary N) is 1. The first-order valence-corrected chi connectivity index (χ1v) is 6.87. The van der Waals surface area contributed by atoms with Crippen molar-refractivity contribution < 1.29 is 4.79 Å². The van der Waals surface area contributed by atoms with Crippen molar-refractivity contribution in [3.63, 3.8) is 0 Å². The first kappa shape index (κ1) is 13.3. The number of rotatable bonds is 4. The molecule has 2 nitrogen and oxygen atoms in total. The van der Waals surface area contributed by atoms with Crippen molar-refractivity contribution in [2.75, 3.05) is 5.75 Å². The molecule has 1 rings (SSSR count). The molecule has 2 N–H and O–H groups in total. The number of carbonyl (C=O) groups is 1. The van der Waals surface area contributed by atoms with Gasteiger partial charge < -0.3 is 5.73 Å². The summed E-state index contributed by atoms with van der Waals surface area (Å²) in [6.07, 6.45) is 0. The second kappa shape index (κ2) is 5.06. The summed E-state index contributed by atoms with van der Waals surface area (Å²) in [6, 6.07) is 1.97. The first-order chi connectivity index (χ1) is 7.32. The van der Waals surface area contributed by atoms with Gasteiger partial charge in [-0.2, -0.15) is 0 Å². The van der Waals surface area contributed by atoms with E-state index >= 15 is 0 Å². The molecule has 0 aromatic carbocycles. The molecule has 0 atom stereocenters. The summed E-state index contributed by atoms with van der Waals surface area (Å²) in [5, 5.41) is 1.95. The van der Waals surface area contributed by atoms with Gasteiger partial charge in [0.2, 0.25) is 0 Å². The van der Waals surface area contributed by atoms with Gasteiger partial charge in [0.15, 0.2) is 5.78 Å². The van der Waals surface area contributed by atoms with Crippen LogP contribution in [-0.4, -0.2) is 11.5 Å². The zero-order chi connectivity index (χ0) is 12.3. The molecule has 4 heteroatoms. The lowest BCUT2D eigenvalue weighted by Gasteiger charge is -2.16. The minimum absolute atomic E-state index is 0.188. The standard InChI is InChI=1S/C12H17NOS2/c1-8(13)7-16-9-5-6-15-10(9)11(14)12(2,3)4/h5-6H,1,7,13H2,2-4H3. The Labute approximate surface area is 105 Å². The lowest BCUT2D eigenvalue weighted by atomic mass is 9.90. The number of thioether (sulfide) groups is 1. The van der Waals surface area contributed by atoms with Gasteiger partial charge in [-0.3, -0.25) is 4.79 Å². The quantitative estimate of drug-likeness (QED) is 0.661. The minimum atomic E-state index is -0.333. The molecule has 1 aromatic heterocycles. The molecule has 0 spiro atoms. The van der Waals surface area contributed by atoms with Gasteiger partial charge in [0.25, 0.3) is 0 Å². The maximum absolute atomic E-state index is 12.1. The molecular weight excluding hydrogens is 238 g/mol. The summed E-state index contributed by atoms with van der Waals surface area (Å²) >= 11 is 3.07. The molecule has 16 heavy (non-hydrogen) atoms. The van der Waals surface area contributed by atoms with Gasteiger partial charge in [0.1, 0.15) is 0 Å². The van der Waals surface area contributed by atoms with Crippen LogP contribution in [0.15, 0.2) is 28.6 Å². The third-order valence-corrected chi connectivity index (χ3v) is 4.14. The van der Waals surface area contributed by atoms with Crippen molar-refractivity contribution in [2.24, 2.45) is 11.1 Å². The van der Waals surface area contributed by atoms with E-state index in [1.807, 2.05) is 32.2 Å². The smallest absolute Gasteiger partial charge is 0.179 e. The van der Waals surface area contributed by atoms with Crippen molar-refractivity contribution >= 4 is 28.9 Å². The van der Waals surface area contributed by atoms with E-state index in [-0.39, 0.29) is 11.2 Å². The highest BCUT2D eigenvalue weighted by Crippen LogP contribution is 2.33. The van der Waals surface area contributed by atoms with E-state index in [0.29, 0.717) is 11.4 Å². The summed E-state index contributed by atoms with van der Waals surface area (Å²) in [5.41, 5.74) is 5.82. The van der Waals surface area contributed by atoms with Crippen LogP contribution in [0.3, 0.4) is 0 Å². The highest BCUT2D eigenvalue weighted by molar-refractivity contribution is 7.99. The molecule has 1 aromatic rings. The minimum Gasteiger partial charge on any atom is -0.402 e. The Hall–Kier alpha value is -0.740. The third-order valence-electron chi connectivity index (χ3n) is 1.93. The zero-order valence-corrected chi connectivity index (χ0v) is 11.5. The Morgan fingerprint density at radius 3 is 2.69 bits per heavy atom. The van der Waals surface area contributed by atoms with Gasteiger partial charge in [-0.15, -0.1) is 23.1 Å². The van der Waals surface area contributed by atoms with Crippen LogP contribution in [0.5, 0.6) is 0 Å². The van der Waals surface area contributed by atoms with Crippen LogP contribution in [-0.2, 0) is 0 Å². The number of carbonyl (C=O) groups excluding carboxylic acids is 1. The lowest BCUT2D eigenvalue weighted by Crippen LogP contribution is -2.19. The third kappa shape index (κ3) is 3.39. The number of thiophene rings is 1. The summed E-state index contributed by atoms with van der Waals surface area (Å²) in [7, 11) is 0. The largest absolute Gasteiger partial charge is 0.402 e. The van der Waals surface area contributed by atoms with Crippen molar-refractivity contribution in [3.05, 3.63) is 28.6 Å². The van der Waals surface area contributed by atoms with Gasteiger partial charge in [0, 0.05) is 21.8 Å². The lowest BCUT2D eigenvalue weighted by molar-refractivity contribution is 0.0860. The second-order valence-corrected chi connectivity index (χ2v) is 6.57. The van der Waals surface area contributed by atoms with E-state index in [1.165, 1.54) is 11.3 Å². The summed E-state index contributed by atoms with van der Waals surface area (Å²) < 4.78 is 0. The molecule has 0 aliphatic carbocycles. The normalized spacial score (nSPS) is 11.4. The van der Waals surface area contributed by atoms with E-state index in [4.69, 9.17) is 5.73 Å². The van der Waals surface area contributed by atoms with E-state index in [2.05, 4.69) is 6.58 Å². The molecular formula is C12H17NOS2. The molecule has 0 amide bonds. The SMILES string of the molecule is C=C(N)CSc1ccsc1C(=O)C(C)(C)C. The van der Waals surface area contributed by atoms with Gasteiger partial charge in [-0.25, -0.2) is 0 Å². The molecule has 0 fully saturated rings. The summed E-state index contributed by atoms with van der Waals surface area (Å²) in [4.78, 5) is 14.0. The number of ketones is 1. The first-order valence-electron chi connectivity index (χ1n) is 5.00. The maximum Gasteiger partial charge on any atom is 0.179 e. The highest BCUT2D eigenvalue weighted by Gasteiger charge is 2.26. The van der Waals surface area contributed by atoms with Crippen LogP contribution in [0.25, 0.3) is 0 Å². The molecule has 0 saturated carbocycles. The van der Waals surface area contributed by atoms with Gasteiger partial charge in [-0.1, -0.05) is 27.4 Å². The van der Waals surface area contributed by atoms with Crippen molar-refractivity contribution in [1.29, 1.82) is 0 Å². The Bertz CT molecular complexity index is 401. The van der Waals surface area contributed by atoms with E-state index in [0.717, 1.165) is 9.77 Å². The predicted molar refractivity (Wildman–Crippen MR) is 72.2 cm³/mol. The molecule has 0 unspecified atom stereocenters. The Morgan fingerprint density at radius 2 is 2.19 bits per heavy atom. The van der Waals surface area contributed by atoms with E-state index in [1.54, 1.807) is 11.8 Å². The summed E-state index contributed by atoms with van der Waals surface area (Å²) in [6.45, 7) is 9.46. The summed E-state index contributed by atoms with van der Waals surface area (Å²) in [5.74, 6) is 0.842. The fourth-order valence-electron chi connectivity index (χ4n) is 1.09. The molecule has 0 bridgehead atoms. The van der Waals surface area contributed by atoms with E-state index in [9.17, 15) is 4.79 Å². The van der Waals surface area contributed by atoms with Crippen LogP contribution >= 0.6 is 23.1 Å². The molecule has 0 aliphatic rings. The zero-order valence-electron chi connectivity index (χ0n) is 9.87. The van der Waals surface area contributed by atoms with Gasteiger partial charge in [-0.05, 0) is 11.4 Å². The Morgan fingerprint density at radius 1 is 1.56 bits per heavy atom. The van der Waals surface area contributed by atoms with Crippen molar-refractivity contribution in [1.82, 2.24) is 0 Å². The van der Waals surface area contributed by atoms with Crippen LogP contribution in [0.1, 0.15) is 30.4 Å². The van der Waals surface area contributed by atoms with Crippen LogP contribution in [0, 0.1) is 5.41 Å². The van der Waals surface area contributed by atoms with Crippen molar-refractivity contribution in [2.45, 2.75) is 25.7 Å². The van der Waals surface area contributed by atoms with Crippen LogP contribution in [0.2, 0.25) is 0 Å². The second-order valence-electron chi connectivity index (χ2n) is 4.64. The van der Waals surface area contributed by atoms with E-state index < -0.39 is 0 Å². The number of hydrogen-bond acceptors (Lipinski definition) is 4. The predicted octanol–water partition coefficient (Wildman–Crippen LogP) is 3.54. The van der Waals surface area contributed by atoms with Crippen molar-refractivity contribution in [3.8, 4) is 0 Å². The molecule has 88 valence electrons. The Kier molecular flexibility index (Phi) is 4.21. The topological polar surface area (TPSA) is 43.1 Å². The fraction of sp³-hybridized carbons (Fsp3) is 0.417. The highest BCUT2D eigenvalue weighted by atomic mass is 32.2. The average molecular weight is 255 g/mol. The van der Waals surface area contributed by atoms with Gasteiger partial charge >= 0.3 is 0 Å². The van der Waals surface area contributed by atoms with Gasteiger partial charge in [0.05, 0.1) is 4.88 Å². The molecule has 0 radical (unpaired) electrons. The number of hydrogen-bond donors (Lipinski definition) is 1. The Balaban J connectivity index is 2.86. The molecule has 0 saturated heterocycles. The van der Waals surface area contributed by atoms with Crippen LogP contribution in [0.4, 0.5) is 0 Å². The van der Waals surface area contributed by atoms with Crippen LogP contribution < -0.4 is 5.73 Å². The fourth-order valence-corrected chi connectivity index (χ4v) is 3.16. The molecule has 1 heterocycles. The number of Topliss-reactive ketones (excluding diaryl/α,β-unsaturated/α-hetero) is 1. The average Bonchev–Trinajstić information content (AvgIpc) is 2.59.